The number of esters is 1. The average molecular weight is 674 g/mol. The lowest BCUT2D eigenvalue weighted by atomic mass is 9.96. The standard InChI is InChI=1S/C32H27Cl3N2O6S/c1-5-42-31(39)27-17(2)36-32-37(28(27)19-7-9-22(40-3)10-8-19)30(38)26(44-32)13-18-6-11-25(41-4)20(12-18)16-43-29-23(34)14-21(33)15-24(29)35/h6-15,28H,5,16H2,1-4H3/b26-13-/t28-/m0/s1. The quantitative estimate of drug-likeness (QED) is 0.192. The largest absolute Gasteiger partial charge is 0.497 e. The van der Waals surface area contributed by atoms with E-state index in [4.69, 9.17) is 53.8 Å². The maximum absolute atomic E-state index is 14.0. The maximum Gasteiger partial charge on any atom is 0.338 e. The van der Waals surface area contributed by atoms with Crippen LogP contribution in [0.2, 0.25) is 15.1 Å². The minimum absolute atomic E-state index is 0.0900. The minimum Gasteiger partial charge on any atom is -0.497 e. The fourth-order valence-corrected chi connectivity index (χ4v) is 6.84. The van der Waals surface area contributed by atoms with Crippen molar-refractivity contribution >= 4 is 58.2 Å². The fraction of sp³-hybridized carbons (Fsp3) is 0.219. The summed E-state index contributed by atoms with van der Waals surface area (Å²) in [4.78, 5) is 32.2. The van der Waals surface area contributed by atoms with E-state index in [0.717, 1.165) is 11.1 Å². The molecule has 0 fully saturated rings. The van der Waals surface area contributed by atoms with Crippen LogP contribution in [0.5, 0.6) is 17.2 Å². The number of rotatable bonds is 9. The predicted octanol–water partition coefficient (Wildman–Crippen LogP) is 6.35. The number of allylic oxidation sites excluding steroid dienone is 1. The van der Waals surface area contributed by atoms with Gasteiger partial charge in [-0.15, -0.1) is 0 Å². The molecule has 1 aliphatic rings. The zero-order valence-corrected chi connectivity index (χ0v) is 27.2. The monoisotopic (exact) mass is 672 g/mol. The van der Waals surface area contributed by atoms with Gasteiger partial charge in [0.25, 0.3) is 5.56 Å². The molecule has 0 radical (unpaired) electrons. The highest BCUT2D eigenvalue weighted by atomic mass is 35.5. The zero-order chi connectivity index (χ0) is 31.5. The van der Waals surface area contributed by atoms with Crippen LogP contribution in [0.4, 0.5) is 0 Å². The fourth-order valence-electron chi connectivity index (χ4n) is 4.86. The van der Waals surface area contributed by atoms with Crippen LogP contribution in [0.3, 0.4) is 0 Å². The number of methoxy groups -OCH3 is 2. The number of hydrogen-bond donors (Lipinski definition) is 0. The highest BCUT2D eigenvalue weighted by Gasteiger charge is 2.33. The first-order valence-corrected chi connectivity index (χ1v) is 15.4. The summed E-state index contributed by atoms with van der Waals surface area (Å²) < 4.78 is 24.1. The first kappa shape index (κ1) is 31.7. The van der Waals surface area contributed by atoms with Crippen molar-refractivity contribution in [2.24, 2.45) is 4.99 Å². The number of carbonyl (C=O) groups is 1. The Morgan fingerprint density at radius 3 is 2.36 bits per heavy atom. The summed E-state index contributed by atoms with van der Waals surface area (Å²) in [6, 6.07) is 15.1. The molecule has 0 bridgehead atoms. The zero-order valence-electron chi connectivity index (χ0n) is 24.2. The Balaban J connectivity index is 1.57. The van der Waals surface area contributed by atoms with Gasteiger partial charge >= 0.3 is 5.97 Å². The Hall–Kier alpha value is -3.76. The van der Waals surface area contributed by atoms with Crippen LogP contribution < -0.4 is 29.1 Å². The number of aromatic nitrogens is 1. The van der Waals surface area contributed by atoms with Gasteiger partial charge < -0.3 is 18.9 Å². The molecule has 1 aliphatic heterocycles. The van der Waals surface area contributed by atoms with Crippen molar-refractivity contribution in [2.75, 3.05) is 20.8 Å². The third-order valence-electron chi connectivity index (χ3n) is 6.89. The van der Waals surface area contributed by atoms with Crippen LogP contribution in [0.1, 0.15) is 36.6 Å². The molecule has 4 aromatic rings. The van der Waals surface area contributed by atoms with E-state index in [2.05, 4.69) is 4.99 Å². The molecular formula is C32H27Cl3N2O6S. The number of ether oxygens (including phenoxy) is 4. The van der Waals surface area contributed by atoms with Gasteiger partial charge in [-0.05, 0) is 67.4 Å². The molecule has 0 spiro atoms. The van der Waals surface area contributed by atoms with Gasteiger partial charge in [0.2, 0.25) is 0 Å². The Labute approximate surface area is 272 Å². The Bertz CT molecular complexity index is 1930. The summed E-state index contributed by atoms with van der Waals surface area (Å²) >= 11 is 19.8. The van der Waals surface area contributed by atoms with Crippen molar-refractivity contribution in [3.05, 3.63) is 117 Å². The van der Waals surface area contributed by atoms with E-state index in [1.807, 2.05) is 24.3 Å². The molecule has 1 aromatic heterocycles. The first-order valence-electron chi connectivity index (χ1n) is 13.4. The van der Waals surface area contributed by atoms with Crippen molar-refractivity contribution in [2.45, 2.75) is 26.5 Å². The molecule has 2 heterocycles. The smallest absolute Gasteiger partial charge is 0.338 e. The molecule has 228 valence electrons. The number of benzene rings is 3. The number of halogens is 3. The second kappa shape index (κ2) is 13.5. The second-order valence-electron chi connectivity index (χ2n) is 9.63. The van der Waals surface area contributed by atoms with Crippen LogP contribution in [-0.4, -0.2) is 31.4 Å². The van der Waals surface area contributed by atoms with Crippen LogP contribution in [-0.2, 0) is 16.1 Å². The van der Waals surface area contributed by atoms with Gasteiger partial charge in [0.15, 0.2) is 10.6 Å². The van der Waals surface area contributed by atoms with Crippen LogP contribution in [0, 0.1) is 0 Å². The van der Waals surface area contributed by atoms with Crippen molar-refractivity contribution in [3.63, 3.8) is 0 Å². The van der Waals surface area contributed by atoms with E-state index in [1.54, 1.807) is 64.5 Å². The van der Waals surface area contributed by atoms with Gasteiger partial charge in [0.05, 0.1) is 52.7 Å². The van der Waals surface area contributed by atoms with Gasteiger partial charge in [0, 0.05) is 10.6 Å². The number of thiazole rings is 1. The van der Waals surface area contributed by atoms with Crippen LogP contribution in [0.25, 0.3) is 6.08 Å². The maximum atomic E-state index is 14.0. The van der Waals surface area contributed by atoms with Crippen molar-refractivity contribution in [3.8, 4) is 17.2 Å². The summed E-state index contributed by atoms with van der Waals surface area (Å²) in [5.74, 6) is 1.01. The molecule has 0 aliphatic carbocycles. The van der Waals surface area contributed by atoms with Gasteiger partial charge in [-0.2, -0.15) is 0 Å². The number of hydrogen-bond acceptors (Lipinski definition) is 8. The summed E-state index contributed by atoms with van der Waals surface area (Å²) in [7, 11) is 3.13. The number of nitrogens with zero attached hydrogens (tertiary/aromatic N) is 2. The molecule has 3 aromatic carbocycles. The van der Waals surface area contributed by atoms with Crippen LogP contribution >= 0.6 is 46.1 Å². The summed E-state index contributed by atoms with van der Waals surface area (Å²) in [5, 5.41) is 0.956. The molecule has 8 nitrogen and oxygen atoms in total. The topological polar surface area (TPSA) is 88.4 Å². The van der Waals surface area contributed by atoms with Crippen molar-refractivity contribution in [1.29, 1.82) is 0 Å². The lowest BCUT2D eigenvalue weighted by molar-refractivity contribution is -0.139. The summed E-state index contributed by atoms with van der Waals surface area (Å²) in [6.45, 7) is 3.76. The normalized spacial score (nSPS) is 14.6. The van der Waals surface area contributed by atoms with E-state index in [-0.39, 0.29) is 28.8 Å². The highest BCUT2D eigenvalue weighted by Crippen LogP contribution is 2.37. The lowest BCUT2D eigenvalue weighted by Crippen LogP contribution is -2.39. The molecule has 0 unspecified atom stereocenters. The molecule has 0 amide bonds. The van der Waals surface area contributed by atoms with E-state index in [9.17, 15) is 9.59 Å². The number of fused-ring (bicyclic) bond motifs is 1. The molecule has 1 atom stereocenters. The Morgan fingerprint density at radius 2 is 1.73 bits per heavy atom. The van der Waals surface area contributed by atoms with E-state index >= 15 is 0 Å². The lowest BCUT2D eigenvalue weighted by Gasteiger charge is -2.24. The first-order chi connectivity index (χ1) is 21.1. The van der Waals surface area contributed by atoms with Crippen LogP contribution in [0.15, 0.2) is 75.7 Å². The molecule has 5 rings (SSSR count). The van der Waals surface area contributed by atoms with E-state index in [1.165, 1.54) is 15.9 Å². The van der Waals surface area contributed by atoms with Crippen molar-refractivity contribution in [1.82, 2.24) is 4.57 Å². The van der Waals surface area contributed by atoms with Gasteiger partial charge in [-0.25, -0.2) is 9.79 Å². The molecular weight excluding hydrogens is 647 g/mol. The van der Waals surface area contributed by atoms with Gasteiger partial charge in [-0.1, -0.05) is 64.3 Å². The molecule has 44 heavy (non-hydrogen) atoms. The summed E-state index contributed by atoms with van der Waals surface area (Å²) in [6.07, 6.45) is 1.77. The molecule has 0 saturated carbocycles. The van der Waals surface area contributed by atoms with E-state index in [0.29, 0.717) is 48.4 Å². The Kier molecular flexibility index (Phi) is 9.70. The molecule has 0 saturated heterocycles. The third kappa shape index (κ3) is 6.37. The highest BCUT2D eigenvalue weighted by molar-refractivity contribution is 7.07. The van der Waals surface area contributed by atoms with Gasteiger partial charge in [0.1, 0.15) is 18.1 Å². The average Bonchev–Trinajstić information content (AvgIpc) is 3.29. The van der Waals surface area contributed by atoms with Crippen molar-refractivity contribution < 1.29 is 23.7 Å². The third-order valence-corrected chi connectivity index (χ3v) is 8.65. The Morgan fingerprint density at radius 1 is 1.02 bits per heavy atom. The molecule has 12 heteroatoms. The minimum atomic E-state index is -0.730. The second-order valence-corrected chi connectivity index (χ2v) is 11.9. The molecule has 0 N–H and O–H groups in total. The number of carbonyl (C=O) groups excluding carboxylic acids is 1. The van der Waals surface area contributed by atoms with Gasteiger partial charge in [-0.3, -0.25) is 9.36 Å². The summed E-state index contributed by atoms with van der Waals surface area (Å²) in [5.41, 5.74) is 2.65. The van der Waals surface area contributed by atoms with E-state index < -0.39 is 12.0 Å². The predicted molar refractivity (Wildman–Crippen MR) is 172 cm³/mol. The SMILES string of the molecule is CCOC(=O)C1=C(C)N=c2s/c(=C\c3ccc(OC)c(COc4c(Cl)cc(Cl)cc4Cl)c3)c(=O)n2[C@H]1c1ccc(OC)cc1.